The van der Waals surface area contributed by atoms with Gasteiger partial charge in [0, 0.05) is 26.4 Å². The summed E-state index contributed by atoms with van der Waals surface area (Å²) in [5, 5.41) is 5.68. The second-order valence-corrected chi connectivity index (χ2v) is 8.37. The molecule has 4 heteroatoms. The van der Waals surface area contributed by atoms with E-state index < -0.39 is 0 Å². The quantitative estimate of drug-likeness (QED) is 0.408. The second kappa shape index (κ2) is 15.2. The Bertz CT molecular complexity index is 348. The van der Waals surface area contributed by atoms with Crippen LogP contribution in [0.3, 0.4) is 0 Å². The van der Waals surface area contributed by atoms with Gasteiger partial charge in [0.15, 0.2) is 0 Å². The molecule has 0 aromatic heterocycles. The number of nitrogens with one attached hydrogen (secondary N) is 2. The fourth-order valence-corrected chi connectivity index (χ4v) is 2.85. The van der Waals surface area contributed by atoms with Crippen molar-refractivity contribution >= 4 is 11.8 Å². The van der Waals surface area contributed by atoms with Crippen LogP contribution in [0.1, 0.15) is 104 Å². The van der Waals surface area contributed by atoms with E-state index in [0.717, 1.165) is 51.5 Å². The molecule has 4 nitrogen and oxygen atoms in total. The number of unbranched alkanes of at least 4 members (excludes halogenated alkanes) is 8. The van der Waals surface area contributed by atoms with Crippen LogP contribution in [0.4, 0.5) is 0 Å². The third-order valence-corrected chi connectivity index (χ3v) is 4.51. The zero-order chi connectivity index (χ0) is 19.0. The van der Waals surface area contributed by atoms with Crippen LogP contribution < -0.4 is 10.6 Å². The molecule has 0 aliphatic rings. The predicted octanol–water partition coefficient (Wildman–Crippen LogP) is 4.97. The average molecular weight is 355 g/mol. The smallest absolute Gasteiger partial charge is 0.219 e. The van der Waals surface area contributed by atoms with E-state index in [9.17, 15) is 9.59 Å². The van der Waals surface area contributed by atoms with Crippen molar-refractivity contribution in [1.82, 2.24) is 10.6 Å². The Morgan fingerprint density at radius 1 is 0.680 bits per heavy atom. The highest BCUT2D eigenvalue weighted by atomic mass is 16.2. The van der Waals surface area contributed by atoms with Crippen molar-refractivity contribution < 1.29 is 9.59 Å². The fraction of sp³-hybridized carbons (Fsp3) is 0.905. The first-order chi connectivity index (χ1) is 11.8. The molecule has 148 valence electrons. The summed E-state index contributed by atoms with van der Waals surface area (Å²) in [6.07, 6.45) is 13.9. The molecular weight excluding hydrogens is 312 g/mol. The van der Waals surface area contributed by atoms with E-state index in [2.05, 4.69) is 31.4 Å². The molecule has 0 fully saturated rings. The van der Waals surface area contributed by atoms with Crippen LogP contribution in [0.2, 0.25) is 0 Å². The third kappa shape index (κ3) is 19.1. The van der Waals surface area contributed by atoms with Crippen LogP contribution >= 0.6 is 0 Å². The van der Waals surface area contributed by atoms with E-state index in [1.54, 1.807) is 7.05 Å². The lowest BCUT2D eigenvalue weighted by atomic mass is 9.89. The van der Waals surface area contributed by atoms with Crippen molar-refractivity contribution in [3.63, 3.8) is 0 Å². The van der Waals surface area contributed by atoms with Gasteiger partial charge in [0.25, 0.3) is 0 Å². The van der Waals surface area contributed by atoms with E-state index in [-0.39, 0.29) is 11.8 Å². The molecular formula is C21H42N2O2. The zero-order valence-electron chi connectivity index (χ0n) is 17.2. The van der Waals surface area contributed by atoms with Crippen molar-refractivity contribution in [3.8, 4) is 0 Å². The zero-order valence-corrected chi connectivity index (χ0v) is 17.2. The first kappa shape index (κ1) is 23.9. The second-order valence-electron chi connectivity index (χ2n) is 8.37. The van der Waals surface area contributed by atoms with Gasteiger partial charge in [-0.1, -0.05) is 65.7 Å². The Morgan fingerprint density at radius 2 is 1.16 bits per heavy atom. The third-order valence-electron chi connectivity index (χ3n) is 4.51. The molecule has 0 aliphatic carbocycles. The molecule has 0 rings (SSSR count). The van der Waals surface area contributed by atoms with Crippen LogP contribution in [0.5, 0.6) is 0 Å². The molecule has 0 bridgehead atoms. The number of rotatable bonds is 15. The van der Waals surface area contributed by atoms with Crippen LogP contribution in [0, 0.1) is 5.41 Å². The summed E-state index contributed by atoms with van der Waals surface area (Å²) in [6.45, 7) is 7.70. The van der Waals surface area contributed by atoms with Crippen LogP contribution in [-0.2, 0) is 9.59 Å². The highest BCUT2D eigenvalue weighted by molar-refractivity contribution is 5.75. The van der Waals surface area contributed by atoms with Crippen LogP contribution in [-0.4, -0.2) is 25.4 Å². The number of hydrogen-bond acceptors (Lipinski definition) is 2. The van der Waals surface area contributed by atoms with Gasteiger partial charge >= 0.3 is 0 Å². The minimum Gasteiger partial charge on any atom is -0.359 e. The summed E-state index contributed by atoms with van der Waals surface area (Å²) < 4.78 is 0. The van der Waals surface area contributed by atoms with Gasteiger partial charge in [0.05, 0.1) is 0 Å². The molecule has 25 heavy (non-hydrogen) atoms. The summed E-state index contributed by atoms with van der Waals surface area (Å²) >= 11 is 0. The lowest BCUT2D eigenvalue weighted by Crippen LogP contribution is -2.23. The highest BCUT2D eigenvalue weighted by Crippen LogP contribution is 2.22. The molecule has 0 saturated carbocycles. The number of carbonyl (C=O) groups is 2. The lowest BCUT2D eigenvalue weighted by molar-refractivity contribution is -0.121. The van der Waals surface area contributed by atoms with Crippen molar-refractivity contribution in [3.05, 3.63) is 0 Å². The van der Waals surface area contributed by atoms with Gasteiger partial charge in [-0.05, 0) is 31.1 Å². The molecule has 2 N–H and O–H groups in total. The Labute approximate surface area is 155 Å². The van der Waals surface area contributed by atoms with Gasteiger partial charge in [-0.25, -0.2) is 0 Å². The number of carbonyl (C=O) groups excluding carboxylic acids is 2. The van der Waals surface area contributed by atoms with Crippen molar-refractivity contribution in [2.24, 2.45) is 5.41 Å². The first-order valence-corrected chi connectivity index (χ1v) is 10.3. The molecule has 0 aliphatic heterocycles. The topological polar surface area (TPSA) is 58.2 Å². The average Bonchev–Trinajstić information content (AvgIpc) is 2.55. The summed E-state index contributed by atoms with van der Waals surface area (Å²) in [5.74, 6) is 0.334. The molecule has 2 amide bonds. The van der Waals surface area contributed by atoms with Crippen molar-refractivity contribution in [2.75, 3.05) is 13.6 Å². The molecule has 0 atom stereocenters. The Hall–Kier alpha value is -1.06. The fourth-order valence-electron chi connectivity index (χ4n) is 2.85. The maximum Gasteiger partial charge on any atom is 0.219 e. The highest BCUT2D eigenvalue weighted by Gasteiger charge is 2.08. The number of hydrogen-bond donors (Lipinski definition) is 2. The van der Waals surface area contributed by atoms with Gasteiger partial charge < -0.3 is 10.6 Å². The van der Waals surface area contributed by atoms with E-state index >= 15 is 0 Å². The minimum absolute atomic E-state index is 0.130. The summed E-state index contributed by atoms with van der Waals surface area (Å²) in [5.41, 5.74) is 0.443. The van der Waals surface area contributed by atoms with Crippen molar-refractivity contribution in [1.29, 1.82) is 0 Å². The Kier molecular flexibility index (Phi) is 14.6. The maximum absolute atomic E-state index is 11.8. The van der Waals surface area contributed by atoms with Gasteiger partial charge in [0.2, 0.25) is 11.8 Å². The first-order valence-electron chi connectivity index (χ1n) is 10.3. The van der Waals surface area contributed by atoms with E-state index in [1.807, 2.05) is 0 Å². The largest absolute Gasteiger partial charge is 0.359 e. The molecule has 0 spiro atoms. The molecule has 0 radical (unpaired) electrons. The summed E-state index contributed by atoms with van der Waals surface area (Å²) in [6, 6.07) is 0. The summed E-state index contributed by atoms with van der Waals surface area (Å²) in [4.78, 5) is 22.8. The monoisotopic (exact) mass is 354 g/mol. The molecule has 0 saturated heterocycles. The predicted molar refractivity (Wildman–Crippen MR) is 107 cm³/mol. The molecule has 0 aromatic rings. The van der Waals surface area contributed by atoms with E-state index in [4.69, 9.17) is 0 Å². The van der Waals surface area contributed by atoms with Crippen LogP contribution in [0.25, 0.3) is 0 Å². The Morgan fingerprint density at radius 3 is 1.72 bits per heavy atom. The molecule has 0 aromatic carbocycles. The maximum atomic E-state index is 11.8. The minimum atomic E-state index is 0.130. The molecule has 0 unspecified atom stereocenters. The van der Waals surface area contributed by atoms with E-state index in [0.29, 0.717) is 18.3 Å². The van der Waals surface area contributed by atoms with Gasteiger partial charge in [-0.2, -0.15) is 0 Å². The van der Waals surface area contributed by atoms with Gasteiger partial charge in [-0.3, -0.25) is 9.59 Å². The van der Waals surface area contributed by atoms with Gasteiger partial charge in [-0.15, -0.1) is 0 Å². The summed E-state index contributed by atoms with van der Waals surface area (Å²) in [7, 11) is 1.68. The van der Waals surface area contributed by atoms with E-state index in [1.165, 1.54) is 25.7 Å². The SMILES string of the molecule is CNC(=O)CCCCCCCCC(=O)NCCCCCCC(C)(C)C. The van der Waals surface area contributed by atoms with Crippen LogP contribution in [0.15, 0.2) is 0 Å². The number of amides is 2. The van der Waals surface area contributed by atoms with Gasteiger partial charge in [0.1, 0.15) is 0 Å². The molecule has 0 heterocycles. The standard InChI is InChI=1S/C21H42N2O2/c1-21(2,3)17-13-9-10-14-18-23-20(25)16-12-8-6-5-7-11-15-19(24)22-4/h5-18H2,1-4H3,(H,22,24)(H,23,25). The normalized spacial score (nSPS) is 11.4. The van der Waals surface area contributed by atoms with Crippen molar-refractivity contribution in [2.45, 2.75) is 104 Å². The Balaban J connectivity index is 3.27. The lowest BCUT2D eigenvalue weighted by Gasteiger charge is -2.17.